The van der Waals surface area contributed by atoms with Gasteiger partial charge in [-0.25, -0.2) is 4.39 Å². The Morgan fingerprint density at radius 3 is 2.76 bits per heavy atom. The molecular formula is C18H27FN2. The summed E-state index contributed by atoms with van der Waals surface area (Å²) in [5.41, 5.74) is 2.81. The topological polar surface area (TPSA) is 15.3 Å². The number of rotatable bonds is 5. The lowest BCUT2D eigenvalue weighted by atomic mass is 9.85. The van der Waals surface area contributed by atoms with Crippen molar-refractivity contribution in [2.24, 2.45) is 5.41 Å². The fraction of sp³-hybridized carbons (Fsp3) is 0.667. The Labute approximate surface area is 127 Å². The zero-order chi connectivity index (χ0) is 14.9. The molecule has 0 aromatic heterocycles. The van der Waals surface area contributed by atoms with Crippen LogP contribution in [0, 0.1) is 11.2 Å². The minimum Gasteiger partial charge on any atom is -0.370 e. The van der Waals surface area contributed by atoms with Gasteiger partial charge in [-0.05, 0) is 37.0 Å². The third-order valence-electron chi connectivity index (χ3n) is 5.11. The molecule has 1 saturated carbocycles. The molecular weight excluding hydrogens is 263 g/mol. The quantitative estimate of drug-likeness (QED) is 0.888. The van der Waals surface area contributed by atoms with Gasteiger partial charge < -0.3 is 10.2 Å². The monoisotopic (exact) mass is 290 g/mol. The lowest BCUT2D eigenvalue weighted by molar-refractivity contribution is 0.276. The van der Waals surface area contributed by atoms with Gasteiger partial charge in [-0.2, -0.15) is 0 Å². The molecule has 2 aliphatic rings. The summed E-state index contributed by atoms with van der Waals surface area (Å²) in [4.78, 5) is 2.42. The summed E-state index contributed by atoms with van der Waals surface area (Å²) in [6.45, 7) is 7.63. The largest absolute Gasteiger partial charge is 0.370 e. The van der Waals surface area contributed by atoms with Crippen molar-refractivity contribution in [3.63, 3.8) is 0 Å². The SMILES string of the molecule is CC(C)NCC1(CN2CCc3ccc(F)cc32)CCCC1. The average Bonchev–Trinajstić information content (AvgIpc) is 3.06. The van der Waals surface area contributed by atoms with Gasteiger partial charge in [-0.15, -0.1) is 0 Å². The summed E-state index contributed by atoms with van der Waals surface area (Å²) in [6.07, 6.45) is 6.33. The molecule has 0 amide bonds. The number of hydrogen-bond donors (Lipinski definition) is 1. The second-order valence-electron chi connectivity index (χ2n) is 7.19. The van der Waals surface area contributed by atoms with E-state index in [2.05, 4.69) is 24.1 Å². The number of halogens is 1. The molecule has 0 bridgehead atoms. The van der Waals surface area contributed by atoms with E-state index in [0.717, 1.165) is 31.7 Å². The van der Waals surface area contributed by atoms with E-state index >= 15 is 0 Å². The van der Waals surface area contributed by atoms with Crippen LogP contribution in [0.25, 0.3) is 0 Å². The van der Waals surface area contributed by atoms with Gasteiger partial charge in [0.25, 0.3) is 0 Å². The first-order chi connectivity index (χ1) is 10.1. The molecule has 0 radical (unpaired) electrons. The molecule has 2 nitrogen and oxygen atoms in total. The maximum atomic E-state index is 13.6. The van der Waals surface area contributed by atoms with Crippen LogP contribution in [0.2, 0.25) is 0 Å². The summed E-state index contributed by atoms with van der Waals surface area (Å²) in [6, 6.07) is 5.80. The molecule has 1 N–H and O–H groups in total. The minimum absolute atomic E-state index is 0.110. The number of benzene rings is 1. The van der Waals surface area contributed by atoms with Crippen molar-refractivity contribution in [2.75, 3.05) is 24.5 Å². The van der Waals surface area contributed by atoms with Gasteiger partial charge in [0.15, 0.2) is 0 Å². The first-order valence-corrected chi connectivity index (χ1v) is 8.35. The lowest BCUT2D eigenvalue weighted by Crippen LogP contribution is -2.44. The van der Waals surface area contributed by atoms with Crippen LogP contribution in [0.5, 0.6) is 0 Å². The van der Waals surface area contributed by atoms with Crippen LogP contribution < -0.4 is 10.2 Å². The maximum Gasteiger partial charge on any atom is 0.125 e. The number of anilines is 1. The number of hydrogen-bond acceptors (Lipinski definition) is 2. The first-order valence-electron chi connectivity index (χ1n) is 8.35. The van der Waals surface area contributed by atoms with E-state index in [-0.39, 0.29) is 5.82 Å². The molecule has 1 aromatic rings. The Bertz CT molecular complexity index is 492. The Morgan fingerprint density at radius 1 is 1.29 bits per heavy atom. The fourth-order valence-electron chi connectivity index (χ4n) is 3.92. The van der Waals surface area contributed by atoms with Crippen molar-refractivity contribution >= 4 is 5.69 Å². The van der Waals surface area contributed by atoms with E-state index in [9.17, 15) is 4.39 Å². The van der Waals surface area contributed by atoms with Crippen molar-refractivity contribution < 1.29 is 4.39 Å². The van der Waals surface area contributed by atoms with Crippen LogP contribution in [-0.2, 0) is 6.42 Å². The average molecular weight is 290 g/mol. The van der Waals surface area contributed by atoms with E-state index in [1.54, 1.807) is 12.1 Å². The molecule has 3 rings (SSSR count). The molecule has 0 atom stereocenters. The summed E-state index contributed by atoms with van der Waals surface area (Å²) in [5.74, 6) is -0.110. The Morgan fingerprint density at radius 2 is 2.05 bits per heavy atom. The van der Waals surface area contributed by atoms with Crippen molar-refractivity contribution in [1.29, 1.82) is 0 Å². The van der Waals surface area contributed by atoms with Gasteiger partial charge in [0, 0.05) is 36.8 Å². The molecule has 0 saturated heterocycles. The van der Waals surface area contributed by atoms with E-state index in [4.69, 9.17) is 0 Å². The molecule has 1 aliphatic carbocycles. The van der Waals surface area contributed by atoms with E-state index in [1.165, 1.54) is 31.2 Å². The second-order valence-corrected chi connectivity index (χ2v) is 7.19. The highest BCUT2D eigenvalue weighted by atomic mass is 19.1. The zero-order valence-corrected chi connectivity index (χ0v) is 13.3. The summed E-state index contributed by atoms with van der Waals surface area (Å²) in [7, 11) is 0. The molecule has 21 heavy (non-hydrogen) atoms. The third-order valence-corrected chi connectivity index (χ3v) is 5.11. The highest BCUT2D eigenvalue weighted by molar-refractivity contribution is 5.58. The molecule has 0 spiro atoms. The molecule has 1 heterocycles. The summed E-state index contributed by atoms with van der Waals surface area (Å²) in [5, 5.41) is 3.64. The van der Waals surface area contributed by atoms with Gasteiger partial charge in [0.2, 0.25) is 0 Å². The Hall–Kier alpha value is -1.09. The maximum absolute atomic E-state index is 13.6. The van der Waals surface area contributed by atoms with E-state index < -0.39 is 0 Å². The van der Waals surface area contributed by atoms with Gasteiger partial charge in [-0.1, -0.05) is 32.8 Å². The fourth-order valence-corrected chi connectivity index (χ4v) is 3.92. The zero-order valence-electron chi connectivity index (χ0n) is 13.3. The highest BCUT2D eigenvalue weighted by Crippen LogP contribution is 2.41. The normalized spacial score (nSPS) is 20.3. The van der Waals surface area contributed by atoms with Crippen molar-refractivity contribution in [3.05, 3.63) is 29.6 Å². The summed E-state index contributed by atoms with van der Waals surface area (Å²) >= 11 is 0. The Kier molecular flexibility index (Phi) is 4.21. The van der Waals surface area contributed by atoms with Crippen LogP contribution in [0.4, 0.5) is 10.1 Å². The third kappa shape index (κ3) is 3.23. The van der Waals surface area contributed by atoms with Crippen molar-refractivity contribution in [3.8, 4) is 0 Å². The second kappa shape index (κ2) is 5.96. The van der Waals surface area contributed by atoms with Gasteiger partial charge in [0.05, 0.1) is 0 Å². The number of nitrogens with zero attached hydrogens (tertiary/aromatic N) is 1. The van der Waals surface area contributed by atoms with Crippen molar-refractivity contribution in [1.82, 2.24) is 5.32 Å². The van der Waals surface area contributed by atoms with Crippen LogP contribution in [0.15, 0.2) is 18.2 Å². The number of fused-ring (bicyclic) bond motifs is 1. The van der Waals surface area contributed by atoms with Gasteiger partial charge in [0.1, 0.15) is 5.82 Å². The molecule has 1 aliphatic heterocycles. The number of nitrogens with one attached hydrogen (secondary N) is 1. The van der Waals surface area contributed by atoms with Crippen molar-refractivity contribution in [2.45, 2.75) is 52.0 Å². The molecule has 116 valence electrons. The minimum atomic E-state index is -0.110. The standard InChI is InChI=1S/C18H27FN2/c1-14(2)20-12-18(8-3-4-9-18)13-21-10-7-15-5-6-16(19)11-17(15)21/h5-6,11,14,20H,3-4,7-10,12-13H2,1-2H3. The van der Waals surface area contributed by atoms with E-state index in [1.807, 2.05) is 6.07 Å². The Balaban J connectivity index is 1.74. The van der Waals surface area contributed by atoms with Gasteiger partial charge >= 0.3 is 0 Å². The van der Waals surface area contributed by atoms with Crippen LogP contribution in [-0.4, -0.2) is 25.7 Å². The molecule has 3 heteroatoms. The molecule has 1 fully saturated rings. The predicted molar refractivity (Wildman–Crippen MR) is 86.4 cm³/mol. The highest BCUT2D eigenvalue weighted by Gasteiger charge is 2.37. The van der Waals surface area contributed by atoms with E-state index in [0.29, 0.717) is 11.5 Å². The van der Waals surface area contributed by atoms with Crippen LogP contribution in [0.3, 0.4) is 0 Å². The summed E-state index contributed by atoms with van der Waals surface area (Å²) < 4.78 is 13.6. The van der Waals surface area contributed by atoms with Crippen LogP contribution >= 0.6 is 0 Å². The predicted octanol–water partition coefficient (Wildman–Crippen LogP) is 3.75. The van der Waals surface area contributed by atoms with Gasteiger partial charge in [-0.3, -0.25) is 0 Å². The van der Waals surface area contributed by atoms with Crippen LogP contribution in [0.1, 0.15) is 45.1 Å². The first kappa shape index (κ1) is 14.8. The molecule has 1 aromatic carbocycles. The smallest absolute Gasteiger partial charge is 0.125 e. The lowest BCUT2D eigenvalue weighted by Gasteiger charge is -2.36. The molecule has 0 unspecified atom stereocenters.